The van der Waals surface area contributed by atoms with E-state index in [1.807, 2.05) is 19.1 Å². The largest absolute Gasteiger partial charge is 0.490 e. The quantitative estimate of drug-likeness (QED) is 0.192. The second kappa shape index (κ2) is 10.8. The van der Waals surface area contributed by atoms with Gasteiger partial charge in [-0.1, -0.05) is 19.4 Å². The van der Waals surface area contributed by atoms with Crippen molar-refractivity contribution in [1.82, 2.24) is 0 Å². The molecule has 0 amide bonds. The van der Waals surface area contributed by atoms with Crippen molar-refractivity contribution in [1.29, 1.82) is 5.41 Å². The van der Waals surface area contributed by atoms with E-state index in [4.69, 9.17) is 20.6 Å². The number of benzene rings is 2. The molecule has 0 spiro atoms. The van der Waals surface area contributed by atoms with Crippen molar-refractivity contribution >= 4 is 23.5 Å². The fourth-order valence-electron chi connectivity index (χ4n) is 2.92. The molecule has 0 saturated carbocycles. The summed E-state index contributed by atoms with van der Waals surface area (Å²) in [5.41, 5.74) is 8.06. The first-order chi connectivity index (χ1) is 14.3. The summed E-state index contributed by atoms with van der Waals surface area (Å²) in [5, 5.41) is 20.3. The van der Waals surface area contributed by atoms with Gasteiger partial charge in [-0.2, -0.15) is 0 Å². The van der Waals surface area contributed by atoms with Gasteiger partial charge in [-0.15, -0.1) is 0 Å². The molecule has 0 aliphatic carbocycles. The number of carboxylic acid groups (broad SMARTS) is 1. The number of ether oxygens (including phenoxy) is 2. The lowest BCUT2D eigenvalue weighted by molar-refractivity contribution is -0.141. The van der Waals surface area contributed by atoms with Gasteiger partial charge in [0, 0.05) is 23.7 Å². The molecule has 0 aliphatic rings. The van der Waals surface area contributed by atoms with E-state index < -0.39 is 18.0 Å². The number of hydrogen-bond donors (Lipinski definition) is 4. The molecular weight excluding hydrogens is 386 g/mol. The van der Waals surface area contributed by atoms with Crippen LogP contribution in [0.15, 0.2) is 42.5 Å². The lowest BCUT2D eigenvalue weighted by Crippen LogP contribution is -2.22. The highest BCUT2D eigenvalue weighted by Crippen LogP contribution is 2.30. The van der Waals surface area contributed by atoms with Crippen molar-refractivity contribution in [2.45, 2.75) is 32.7 Å². The Hall–Kier alpha value is -3.55. The van der Waals surface area contributed by atoms with Crippen LogP contribution < -0.4 is 15.8 Å². The third-order valence-corrected chi connectivity index (χ3v) is 4.32. The van der Waals surface area contributed by atoms with Crippen molar-refractivity contribution in [3.63, 3.8) is 0 Å². The highest BCUT2D eigenvalue weighted by Gasteiger charge is 2.24. The molecular formula is C22H27N3O5. The number of nitrogen functional groups attached to an aromatic ring is 1. The zero-order valence-corrected chi connectivity index (χ0v) is 17.1. The average molecular weight is 413 g/mol. The normalized spacial score (nSPS) is 11.4. The Morgan fingerprint density at radius 1 is 1.17 bits per heavy atom. The molecule has 2 aromatic rings. The second-order valence-electron chi connectivity index (χ2n) is 6.72. The van der Waals surface area contributed by atoms with Gasteiger partial charge < -0.3 is 25.6 Å². The summed E-state index contributed by atoms with van der Waals surface area (Å²) in [6.07, 6.45) is 1.73. The van der Waals surface area contributed by atoms with Gasteiger partial charge in [-0.3, -0.25) is 10.2 Å². The van der Waals surface area contributed by atoms with Crippen molar-refractivity contribution in [2.24, 2.45) is 5.73 Å². The summed E-state index contributed by atoms with van der Waals surface area (Å²) in [6, 6.07) is 11.0. The summed E-state index contributed by atoms with van der Waals surface area (Å²) >= 11 is 0. The molecule has 5 N–H and O–H groups in total. The number of aryl methyl sites for hydroxylation is 1. The Morgan fingerprint density at radius 2 is 1.87 bits per heavy atom. The van der Waals surface area contributed by atoms with Gasteiger partial charge in [0.05, 0.1) is 0 Å². The van der Waals surface area contributed by atoms with E-state index in [0.29, 0.717) is 22.6 Å². The summed E-state index contributed by atoms with van der Waals surface area (Å²) < 4.78 is 10.6. The zero-order valence-electron chi connectivity index (χ0n) is 17.1. The fourth-order valence-corrected chi connectivity index (χ4v) is 2.92. The standard InChI is InChI=1S/C22H27N3O5/c1-3-4-15-5-10-19(30-12-11-29-14(2)26)18(13-15)20(22(27)28)25-17-8-6-16(7-9-17)21(23)24/h5-10,13,20,25H,3-4,11-12H2,1-2H3,(H3,23,24)(H,27,28). The third-order valence-electron chi connectivity index (χ3n) is 4.32. The Kier molecular flexibility index (Phi) is 8.22. The molecule has 30 heavy (non-hydrogen) atoms. The van der Waals surface area contributed by atoms with E-state index >= 15 is 0 Å². The van der Waals surface area contributed by atoms with Gasteiger partial charge in [0.25, 0.3) is 0 Å². The molecule has 0 aliphatic heterocycles. The van der Waals surface area contributed by atoms with Crippen molar-refractivity contribution in [3.05, 3.63) is 59.2 Å². The van der Waals surface area contributed by atoms with Crippen LogP contribution in [0, 0.1) is 5.41 Å². The minimum Gasteiger partial charge on any atom is -0.490 e. The molecule has 0 fully saturated rings. The lowest BCUT2D eigenvalue weighted by atomic mass is 10.00. The molecule has 0 radical (unpaired) electrons. The average Bonchev–Trinajstić information content (AvgIpc) is 2.70. The number of nitrogens with one attached hydrogen (secondary N) is 2. The number of aliphatic carboxylic acids is 1. The van der Waals surface area contributed by atoms with Crippen molar-refractivity contribution in [3.8, 4) is 5.75 Å². The van der Waals surface area contributed by atoms with Crippen LogP contribution in [0.5, 0.6) is 5.75 Å². The summed E-state index contributed by atoms with van der Waals surface area (Å²) in [4.78, 5) is 23.0. The van der Waals surface area contributed by atoms with E-state index in [1.54, 1.807) is 30.3 Å². The number of esters is 1. The number of amidine groups is 1. The number of carbonyl (C=O) groups excluding carboxylic acids is 1. The van der Waals surface area contributed by atoms with Crippen LogP contribution in [0.2, 0.25) is 0 Å². The predicted molar refractivity (Wildman–Crippen MR) is 114 cm³/mol. The minimum atomic E-state index is -1.07. The fraction of sp³-hybridized carbons (Fsp3) is 0.318. The Balaban J connectivity index is 2.30. The van der Waals surface area contributed by atoms with Crippen molar-refractivity contribution < 1.29 is 24.2 Å². The van der Waals surface area contributed by atoms with Crippen molar-refractivity contribution in [2.75, 3.05) is 18.5 Å². The first kappa shape index (κ1) is 22.7. The molecule has 0 aromatic heterocycles. The van der Waals surface area contributed by atoms with E-state index in [2.05, 4.69) is 5.32 Å². The maximum atomic E-state index is 12.1. The van der Waals surface area contributed by atoms with E-state index in [1.165, 1.54) is 6.92 Å². The second-order valence-corrected chi connectivity index (χ2v) is 6.72. The number of hydrogen-bond acceptors (Lipinski definition) is 6. The molecule has 2 rings (SSSR count). The number of rotatable bonds is 11. The molecule has 8 heteroatoms. The van der Waals surface area contributed by atoms with Crippen LogP contribution in [-0.4, -0.2) is 36.1 Å². The molecule has 2 aromatic carbocycles. The summed E-state index contributed by atoms with van der Waals surface area (Å²) in [6.45, 7) is 3.54. The minimum absolute atomic E-state index is 0.0629. The van der Waals surface area contributed by atoms with Crippen LogP contribution in [0.4, 0.5) is 5.69 Å². The smallest absolute Gasteiger partial charge is 0.330 e. The van der Waals surface area contributed by atoms with Crippen LogP contribution in [-0.2, 0) is 20.7 Å². The van der Waals surface area contributed by atoms with Crippen LogP contribution in [0.3, 0.4) is 0 Å². The van der Waals surface area contributed by atoms with Crippen LogP contribution in [0.25, 0.3) is 0 Å². The Labute approximate surface area is 175 Å². The van der Waals surface area contributed by atoms with Crippen LogP contribution >= 0.6 is 0 Å². The van der Waals surface area contributed by atoms with E-state index in [0.717, 1.165) is 18.4 Å². The predicted octanol–water partition coefficient (Wildman–Crippen LogP) is 3.10. The molecule has 8 nitrogen and oxygen atoms in total. The van der Waals surface area contributed by atoms with Gasteiger partial charge in [0.1, 0.15) is 24.8 Å². The van der Waals surface area contributed by atoms with Crippen LogP contribution in [0.1, 0.15) is 43.0 Å². The van der Waals surface area contributed by atoms with E-state index in [-0.39, 0.29) is 19.0 Å². The topological polar surface area (TPSA) is 135 Å². The maximum Gasteiger partial charge on any atom is 0.330 e. The van der Waals surface area contributed by atoms with Gasteiger partial charge in [-0.05, 0) is 48.4 Å². The molecule has 0 saturated heterocycles. The highest BCUT2D eigenvalue weighted by atomic mass is 16.6. The molecule has 0 heterocycles. The highest BCUT2D eigenvalue weighted by molar-refractivity contribution is 5.95. The van der Waals surface area contributed by atoms with Gasteiger partial charge in [-0.25, -0.2) is 4.79 Å². The number of anilines is 1. The Morgan fingerprint density at radius 3 is 2.43 bits per heavy atom. The first-order valence-electron chi connectivity index (χ1n) is 9.64. The monoisotopic (exact) mass is 413 g/mol. The maximum absolute atomic E-state index is 12.1. The van der Waals surface area contributed by atoms with Gasteiger partial charge in [0.15, 0.2) is 6.04 Å². The van der Waals surface area contributed by atoms with Gasteiger partial charge in [0.2, 0.25) is 0 Å². The number of carbonyl (C=O) groups is 2. The lowest BCUT2D eigenvalue weighted by Gasteiger charge is -2.21. The zero-order chi connectivity index (χ0) is 22.1. The SMILES string of the molecule is CCCc1ccc(OCCOC(C)=O)c(C(Nc2ccc(C(=N)N)cc2)C(=O)O)c1. The third kappa shape index (κ3) is 6.51. The van der Waals surface area contributed by atoms with Gasteiger partial charge >= 0.3 is 11.9 Å². The van der Waals surface area contributed by atoms with E-state index in [9.17, 15) is 14.7 Å². The number of carboxylic acids is 1. The first-order valence-corrected chi connectivity index (χ1v) is 9.64. The number of nitrogens with two attached hydrogens (primary N) is 1. The Bertz CT molecular complexity index is 896. The molecule has 1 unspecified atom stereocenters. The molecule has 1 atom stereocenters. The summed E-state index contributed by atoms with van der Waals surface area (Å²) in [7, 11) is 0. The summed E-state index contributed by atoms with van der Waals surface area (Å²) in [5.74, 6) is -1.13. The molecule has 0 bridgehead atoms. The molecule has 160 valence electrons.